The first-order valence-corrected chi connectivity index (χ1v) is 29.1. The summed E-state index contributed by atoms with van der Waals surface area (Å²) in [4.78, 5) is 35.1. The van der Waals surface area contributed by atoms with Gasteiger partial charge in [-0.05, 0) is 70.6 Å². The summed E-state index contributed by atoms with van der Waals surface area (Å²) >= 11 is 0. The van der Waals surface area contributed by atoms with Gasteiger partial charge in [-0.25, -0.2) is 4.57 Å². The summed E-state index contributed by atoms with van der Waals surface area (Å²) < 4.78 is 33.0. The van der Waals surface area contributed by atoms with Crippen molar-refractivity contribution >= 4 is 19.8 Å². The summed E-state index contributed by atoms with van der Waals surface area (Å²) in [6, 6.07) is 0. The van der Waals surface area contributed by atoms with Gasteiger partial charge in [-0.2, -0.15) is 0 Å². The maximum Gasteiger partial charge on any atom is 0.472 e. The summed E-state index contributed by atoms with van der Waals surface area (Å²) in [6.45, 7) is 3.63. The molecule has 2 unspecified atom stereocenters. The van der Waals surface area contributed by atoms with Gasteiger partial charge in [0.25, 0.3) is 0 Å². The van der Waals surface area contributed by atoms with E-state index in [0.717, 1.165) is 89.9 Å². The van der Waals surface area contributed by atoms with Crippen molar-refractivity contribution in [2.24, 2.45) is 5.73 Å². The molecule has 0 spiro atoms. The maximum atomic E-state index is 12.7. The van der Waals surface area contributed by atoms with Crippen LogP contribution in [0.15, 0.2) is 85.1 Å². The average molecular weight is 972 g/mol. The Morgan fingerprint density at radius 1 is 0.456 bits per heavy atom. The van der Waals surface area contributed by atoms with E-state index in [1.54, 1.807) is 0 Å². The number of rotatable bonds is 51. The molecule has 392 valence electrons. The lowest BCUT2D eigenvalue weighted by Crippen LogP contribution is -2.29. The maximum absolute atomic E-state index is 12.7. The zero-order chi connectivity index (χ0) is 49.5. The summed E-state index contributed by atoms with van der Waals surface area (Å²) in [7, 11) is -4.39. The Balaban J connectivity index is 4.01. The van der Waals surface area contributed by atoms with E-state index in [1.807, 2.05) is 0 Å². The van der Waals surface area contributed by atoms with E-state index >= 15 is 0 Å². The summed E-state index contributed by atoms with van der Waals surface area (Å²) in [6.07, 6.45) is 69.1. The fourth-order valence-corrected chi connectivity index (χ4v) is 8.26. The van der Waals surface area contributed by atoms with Crippen molar-refractivity contribution in [3.05, 3.63) is 85.1 Å². The Morgan fingerprint density at radius 3 is 1.21 bits per heavy atom. The summed E-state index contributed by atoms with van der Waals surface area (Å²) in [5.74, 6) is -0.831. The van der Waals surface area contributed by atoms with Crippen LogP contribution in [0.3, 0.4) is 0 Å². The first kappa shape index (κ1) is 65.2. The molecule has 0 aliphatic carbocycles. The van der Waals surface area contributed by atoms with Gasteiger partial charge in [0.05, 0.1) is 13.2 Å². The fourth-order valence-electron chi connectivity index (χ4n) is 7.50. The normalized spacial score (nSPS) is 13.8. The van der Waals surface area contributed by atoms with Gasteiger partial charge in [0, 0.05) is 19.4 Å². The lowest BCUT2D eigenvalue weighted by Gasteiger charge is -2.19. The number of unbranched alkanes of at least 4 members (excludes halogenated alkanes) is 24. The highest BCUT2D eigenvalue weighted by Gasteiger charge is 2.26. The minimum atomic E-state index is -4.39. The second-order valence-corrected chi connectivity index (χ2v) is 19.5. The van der Waals surface area contributed by atoms with Crippen LogP contribution in [0.25, 0.3) is 0 Å². The van der Waals surface area contributed by atoms with Gasteiger partial charge in [-0.3, -0.25) is 18.6 Å². The van der Waals surface area contributed by atoms with Crippen molar-refractivity contribution in [2.75, 3.05) is 26.4 Å². The third-order valence-electron chi connectivity index (χ3n) is 11.5. The topological polar surface area (TPSA) is 134 Å². The molecule has 0 aliphatic rings. The van der Waals surface area contributed by atoms with Crippen LogP contribution >= 0.6 is 7.82 Å². The van der Waals surface area contributed by atoms with E-state index in [4.69, 9.17) is 24.3 Å². The van der Waals surface area contributed by atoms with Crippen LogP contribution in [0.5, 0.6) is 0 Å². The Kier molecular flexibility index (Phi) is 51.3. The van der Waals surface area contributed by atoms with Crippen LogP contribution in [-0.2, 0) is 32.7 Å². The number of phosphoric ester groups is 1. The van der Waals surface area contributed by atoms with Crippen LogP contribution in [-0.4, -0.2) is 49.3 Å². The SMILES string of the molecule is CC/C=C\C/C=C\C/C=C\C/C=C\C/C=C\C/C=C\C/C=C\CCCCCCCCCCCC(=O)OC(COC(=O)CCCCCCCCCCCCCCCCCC)COP(=O)(O)OCCN. The Hall–Kier alpha value is -2.81. The second-order valence-electron chi connectivity index (χ2n) is 18.1. The molecular formula is C58H102NO8P. The van der Waals surface area contributed by atoms with Gasteiger partial charge in [0.15, 0.2) is 6.10 Å². The molecule has 0 rings (SSSR count). The molecule has 0 bridgehead atoms. The van der Waals surface area contributed by atoms with E-state index in [2.05, 4.69) is 98.9 Å². The van der Waals surface area contributed by atoms with Gasteiger partial charge in [-0.1, -0.05) is 240 Å². The molecule has 10 heteroatoms. The minimum absolute atomic E-state index is 0.0500. The Morgan fingerprint density at radius 2 is 0.809 bits per heavy atom. The third-order valence-corrected chi connectivity index (χ3v) is 12.5. The van der Waals surface area contributed by atoms with Gasteiger partial charge in [-0.15, -0.1) is 0 Å². The number of nitrogens with two attached hydrogens (primary N) is 1. The van der Waals surface area contributed by atoms with Crippen molar-refractivity contribution in [1.29, 1.82) is 0 Å². The number of ether oxygens (including phenoxy) is 2. The second kappa shape index (κ2) is 53.5. The molecular weight excluding hydrogens is 870 g/mol. The molecule has 0 heterocycles. The quantitative estimate of drug-likeness (QED) is 0.0264. The Labute approximate surface area is 417 Å². The zero-order valence-electron chi connectivity index (χ0n) is 43.6. The van der Waals surface area contributed by atoms with E-state index in [9.17, 15) is 19.0 Å². The molecule has 0 aromatic heterocycles. The monoisotopic (exact) mass is 972 g/mol. The standard InChI is InChI=1S/C58H102NO8P/c1-3-5-7-9-11-13-15-17-19-21-22-23-24-25-26-27-28-29-30-31-32-33-34-35-37-39-41-43-45-47-49-51-58(61)67-56(55-66-68(62,63)65-53-52-59)54-64-57(60)50-48-46-44-42-40-38-36-20-18-16-14-12-10-8-6-4-2/h5,7,11,13,17,19,22-23,25-26,28-29,31-32,56H,3-4,6,8-10,12,14-16,18,20-21,24,27,30,33-55,59H2,1-2H3,(H,62,63)/b7-5-,13-11-,19-17-,23-22-,26-25-,29-28-,32-31-. The molecule has 3 N–H and O–H groups in total. The van der Waals surface area contributed by atoms with Crippen molar-refractivity contribution in [1.82, 2.24) is 0 Å². The van der Waals surface area contributed by atoms with E-state index in [0.29, 0.717) is 6.42 Å². The highest BCUT2D eigenvalue weighted by atomic mass is 31.2. The number of hydrogen-bond donors (Lipinski definition) is 2. The van der Waals surface area contributed by atoms with Crippen LogP contribution < -0.4 is 5.73 Å². The lowest BCUT2D eigenvalue weighted by molar-refractivity contribution is -0.161. The fraction of sp³-hybridized carbons (Fsp3) is 0.724. The van der Waals surface area contributed by atoms with E-state index in [1.165, 1.54) is 116 Å². The number of phosphoric acid groups is 1. The van der Waals surface area contributed by atoms with Crippen molar-refractivity contribution in [2.45, 2.75) is 245 Å². The van der Waals surface area contributed by atoms with Crippen LogP contribution in [0.1, 0.15) is 239 Å². The number of allylic oxidation sites excluding steroid dienone is 14. The van der Waals surface area contributed by atoms with Gasteiger partial charge in [0.1, 0.15) is 6.61 Å². The van der Waals surface area contributed by atoms with Crippen molar-refractivity contribution in [3.8, 4) is 0 Å². The largest absolute Gasteiger partial charge is 0.472 e. The van der Waals surface area contributed by atoms with E-state index < -0.39 is 26.5 Å². The van der Waals surface area contributed by atoms with E-state index in [-0.39, 0.29) is 38.6 Å². The molecule has 0 saturated heterocycles. The van der Waals surface area contributed by atoms with Crippen LogP contribution in [0, 0.1) is 0 Å². The van der Waals surface area contributed by atoms with Gasteiger partial charge in [0.2, 0.25) is 0 Å². The predicted octanol–water partition coefficient (Wildman–Crippen LogP) is 17.1. The summed E-state index contributed by atoms with van der Waals surface area (Å²) in [5, 5.41) is 0. The molecule has 0 aliphatic heterocycles. The highest BCUT2D eigenvalue weighted by Crippen LogP contribution is 2.43. The molecule has 0 aromatic carbocycles. The van der Waals surface area contributed by atoms with Gasteiger partial charge < -0.3 is 20.1 Å². The number of esters is 2. The van der Waals surface area contributed by atoms with Crippen molar-refractivity contribution in [3.63, 3.8) is 0 Å². The molecule has 0 saturated carbocycles. The Bertz CT molecular complexity index is 1390. The molecule has 2 atom stereocenters. The van der Waals surface area contributed by atoms with Crippen LogP contribution in [0.4, 0.5) is 0 Å². The average Bonchev–Trinajstić information content (AvgIpc) is 3.33. The number of hydrogen-bond acceptors (Lipinski definition) is 8. The molecule has 68 heavy (non-hydrogen) atoms. The highest BCUT2D eigenvalue weighted by molar-refractivity contribution is 7.47. The minimum Gasteiger partial charge on any atom is -0.462 e. The van der Waals surface area contributed by atoms with Gasteiger partial charge >= 0.3 is 19.8 Å². The van der Waals surface area contributed by atoms with Crippen molar-refractivity contribution < 1.29 is 37.6 Å². The smallest absolute Gasteiger partial charge is 0.462 e. The number of carbonyl (C=O) groups excluding carboxylic acids is 2. The molecule has 0 aromatic rings. The summed E-state index contributed by atoms with van der Waals surface area (Å²) in [5.41, 5.74) is 5.37. The number of carbonyl (C=O) groups is 2. The lowest BCUT2D eigenvalue weighted by atomic mass is 10.0. The molecule has 9 nitrogen and oxygen atoms in total. The predicted molar refractivity (Wildman–Crippen MR) is 289 cm³/mol. The molecule has 0 radical (unpaired) electrons. The first-order valence-electron chi connectivity index (χ1n) is 27.6. The zero-order valence-corrected chi connectivity index (χ0v) is 44.5. The first-order chi connectivity index (χ1) is 33.3. The molecule has 0 fully saturated rings. The third kappa shape index (κ3) is 52.6. The van der Waals surface area contributed by atoms with Crippen LogP contribution in [0.2, 0.25) is 0 Å². The molecule has 0 amide bonds.